The lowest BCUT2D eigenvalue weighted by atomic mass is 9.98. The zero-order chi connectivity index (χ0) is 15.2. The van der Waals surface area contributed by atoms with Crippen molar-refractivity contribution in [2.24, 2.45) is 5.92 Å². The molecule has 0 unspecified atom stereocenters. The average molecular weight is 296 g/mol. The summed E-state index contributed by atoms with van der Waals surface area (Å²) >= 11 is 0. The number of carbonyl (C=O) groups excluding carboxylic acids is 1. The Hall–Kier alpha value is -1.71. The van der Waals surface area contributed by atoms with Crippen molar-refractivity contribution >= 4 is 16.6 Å². The fraction of sp³-hybridized carbons (Fsp3) is 0.421. The molecule has 0 bridgehead atoms. The first-order chi connectivity index (χ1) is 10.8. The molecule has 0 saturated carbocycles. The van der Waals surface area contributed by atoms with Crippen LogP contribution in [0.4, 0.5) is 0 Å². The van der Waals surface area contributed by atoms with Crippen molar-refractivity contribution in [1.82, 2.24) is 10.6 Å². The second-order valence-corrected chi connectivity index (χ2v) is 6.13. The number of ketones is 1. The van der Waals surface area contributed by atoms with E-state index in [1.807, 2.05) is 30.3 Å². The number of hydrogen-bond acceptors (Lipinski definition) is 3. The molecule has 2 aromatic carbocycles. The van der Waals surface area contributed by atoms with E-state index < -0.39 is 0 Å². The molecular formula is C19H24N2O. The van der Waals surface area contributed by atoms with E-state index >= 15 is 0 Å². The summed E-state index contributed by atoms with van der Waals surface area (Å²) in [5.41, 5.74) is 0.822. The lowest BCUT2D eigenvalue weighted by molar-refractivity contribution is 0.0982. The first-order valence-electron chi connectivity index (χ1n) is 8.26. The van der Waals surface area contributed by atoms with Crippen LogP contribution in [0.3, 0.4) is 0 Å². The molecule has 116 valence electrons. The minimum absolute atomic E-state index is 0.226. The van der Waals surface area contributed by atoms with Crippen LogP contribution < -0.4 is 10.6 Å². The van der Waals surface area contributed by atoms with Gasteiger partial charge in [-0.05, 0) is 55.2 Å². The van der Waals surface area contributed by atoms with E-state index in [0.29, 0.717) is 6.42 Å². The number of Topliss-reactive ketones (excluding diaryl/α,β-unsaturated/α-hetero) is 1. The maximum absolute atomic E-state index is 12.3. The molecule has 1 aliphatic heterocycles. The molecule has 3 nitrogen and oxygen atoms in total. The van der Waals surface area contributed by atoms with E-state index in [1.54, 1.807) is 0 Å². The zero-order valence-electron chi connectivity index (χ0n) is 13.0. The second kappa shape index (κ2) is 7.52. The summed E-state index contributed by atoms with van der Waals surface area (Å²) in [4.78, 5) is 12.3. The maximum Gasteiger partial charge on any atom is 0.164 e. The highest BCUT2D eigenvalue weighted by Gasteiger charge is 2.12. The van der Waals surface area contributed by atoms with Crippen LogP contribution in [-0.4, -0.2) is 32.0 Å². The van der Waals surface area contributed by atoms with Crippen LogP contribution in [0.5, 0.6) is 0 Å². The summed E-state index contributed by atoms with van der Waals surface area (Å²) in [6.07, 6.45) is 3.06. The van der Waals surface area contributed by atoms with Gasteiger partial charge < -0.3 is 10.6 Å². The van der Waals surface area contributed by atoms with Crippen molar-refractivity contribution in [3.63, 3.8) is 0 Å². The minimum Gasteiger partial charge on any atom is -0.317 e. The molecule has 2 N–H and O–H groups in total. The van der Waals surface area contributed by atoms with E-state index in [9.17, 15) is 4.79 Å². The molecule has 0 aliphatic carbocycles. The van der Waals surface area contributed by atoms with Gasteiger partial charge >= 0.3 is 0 Å². The van der Waals surface area contributed by atoms with E-state index in [-0.39, 0.29) is 5.78 Å². The topological polar surface area (TPSA) is 41.1 Å². The fourth-order valence-corrected chi connectivity index (χ4v) is 3.10. The van der Waals surface area contributed by atoms with Gasteiger partial charge in [0.05, 0.1) is 0 Å². The third kappa shape index (κ3) is 3.93. The summed E-state index contributed by atoms with van der Waals surface area (Å²) in [7, 11) is 0. The van der Waals surface area contributed by atoms with E-state index in [2.05, 4.69) is 22.8 Å². The molecule has 22 heavy (non-hydrogen) atoms. The lowest BCUT2D eigenvalue weighted by Gasteiger charge is -2.22. The van der Waals surface area contributed by atoms with E-state index in [4.69, 9.17) is 0 Å². The smallest absolute Gasteiger partial charge is 0.164 e. The number of rotatable bonds is 6. The Morgan fingerprint density at radius 3 is 2.68 bits per heavy atom. The van der Waals surface area contributed by atoms with Gasteiger partial charge in [0.2, 0.25) is 0 Å². The minimum atomic E-state index is 0.226. The molecule has 0 amide bonds. The third-order valence-corrected chi connectivity index (χ3v) is 4.49. The summed E-state index contributed by atoms with van der Waals surface area (Å²) in [5.74, 6) is 0.987. The highest BCUT2D eigenvalue weighted by atomic mass is 16.1. The first-order valence-corrected chi connectivity index (χ1v) is 8.26. The van der Waals surface area contributed by atoms with Crippen LogP contribution in [0.2, 0.25) is 0 Å². The zero-order valence-corrected chi connectivity index (χ0v) is 13.0. The normalized spacial score (nSPS) is 16.0. The summed E-state index contributed by atoms with van der Waals surface area (Å²) in [6, 6.07) is 14.1. The van der Waals surface area contributed by atoms with Gasteiger partial charge in [-0.3, -0.25) is 4.79 Å². The van der Waals surface area contributed by atoms with Crippen molar-refractivity contribution in [3.05, 3.63) is 48.0 Å². The van der Waals surface area contributed by atoms with Crippen LogP contribution >= 0.6 is 0 Å². The third-order valence-electron chi connectivity index (χ3n) is 4.49. The summed E-state index contributed by atoms with van der Waals surface area (Å²) in [5, 5.41) is 9.14. The van der Waals surface area contributed by atoms with Crippen LogP contribution in [-0.2, 0) is 0 Å². The van der Waals surface area contributed by atoms with Gasteiger partial charge in [-0.1, -0.05) is 36.4 Å². The van der Waals surface area contributed by atoms with Crippen molar-refractivity contribution in [1.29, 1.82) is 0 Å². The molecule has 1 heterocycles. The molecule has 3 rings (SSSR count). The monoisotopic (exact) mass is 296 g/mol. The van der Waals surface area contributed by atoms with Gasteiger partial charge in [-0.25, -0.2) is 0 Å². The molecule has 0 atom stereocenters. The highest BCUT2D eigenvalue weighted by Crippen LogP contribution is 2.16. The van der Waals surface area contributed by atoms with E-state index in [1.165, 1.54) is 18.2 Å². The van der Waals surface area contributed by atoms with Gasteiger partial charge in [0, 0.05) is 18.5 Å². The Labute approximate surface area is 132 Å². The maximum atomic E-state index is 12.3. The standard InChI is InChI=1S/C19H24N2O/c22-19(9-12-21-14-15-7-10-20-11-8-15)18-6-5-16-3-1-2-4-17(16)13-18/h1-6,13,15,20-21H,7-12,14H2. The van der Waals surface area contributed by atoms with Crippen molar-refractivity contribution in [3.8, 4) is 0 Å². The van der Waals surface area contributed by atoms with Gasteiger partial charge in [-0.2, -0.15) is 0 Å². The molecule has 1 fully saturated rings. The van der Waals surface area contributed by atoms with Gasteiger partial charge in [-0.15, -0.1) is 0 Å². The van der Waals surface area contributed by atoms with Crippen LogP contribution in [0, 0.1) is 5.92 Å². The van der Waals surface area contributed by atoms with E-state index in [0.717, 1.165) is 43.0 Å². The quantitative estimate of drug-likeness (QED) is 0.636. The molecule has 2 aromatic rings. The summed E-state index contributed by atoms with van der Waals surface area (Å²) < 4.78 is 0. The van der Waals surface area contributed by atoms with Crippen LogP contribution in [0.1, 0.15) is 29.6 Å². The summed E-state index contributed by atoms with van der Waals surface area (Å²) in [6.45, 7) is 4.06. The highest BCUT2D eigenvalue weighted by molar-refractivity contribution is 6.00. The predicted octanol–water partition coefficient (Wildman–Crippen LogP) is 3.00. The average Bonchev–Trinajstić information content (AvgIpc) is 2.59. The number of carbonyl (C=O) groups is 1. The molecule has 3 heteroatoms. The Kier molecular flexibility index (Phi) is 5.20. The number of hydrogen-bond donors (Lipinski definition) is 2. The first kappa shape index (κ1) is 15.2. The largest absolute Gasteiger partial charge is 0.317 e. The lowest BCUT2D eigenvalue weighted by Crippen LogP contribution is -2.34. The van der Waals surface area contributed by atoms with Crippen LogP contribution in [0.25, 0.3) is 10.8 Å². The van der Waals surface area contributed by atoms with Crippen molar-refractivity contribution in [2.75, 3.05) is 26.2 Å². The molecule has 1 aliphatic rings. The Morgan fingerprint density at radius 1 is 1.09 bits per heavy atom. The number of benzene rings is 2. The fourth-order valence-electron chi connectivity index (χ4n) is 3.10. The molecule has 0 spiro atoms. The molecule has 0 radical (unpaired) electrons. The molecule has 0 aromatic heterocycles. The SMILES string of the molecule is O=C(CCNCC1CCNCC1)c1ccc2ccccc2c1. The van der Waals surface area contributed by atoms with Gasteiger partial charge in [0.25, 0.3) is 0 Å². The van der Waals surface area contributed by atoms with Crippen LogP contribution in [0.15, 0.2) is 42.5 Å². The Morgan fingerprint density at radius 2 is 1.86 bits per heavy atom. The number of piperidine rings is 1. The van der Waals surface area contributed by atoms with Crippen molar-refractivity contribution < 1.29 is 4.79 Å². The molecular weight excluding hydrogens is 272 g/mol. The second-order valence-electron chi connectivity index (χ2n) is 6.13. The molecule has 1 saturated heterocycles. The Bertz CT molecular complexity index is 632. The van der Waals surface area contributed by atoms with Gasteiger partial charge in [0.1, 0.15) is 0 Å². The predicted molar refractivity (Wildman–Crippen MR) is 91.4 cm³/mol. The number of fused-ring (bicyclic) bond motifs is 1. The Balaban J connectivity index is 1.48. The van der Waals surface area contributed by atoms with Gasteiger partial charge in [0.15, 0.2) is 5.78 Å². The number of nitrogens with one attached hydrogen (secondary N) is 2. The van der Waals surface area contributed by atoms with Crippen molar-refractivity contribution in [2.45, 2.75) is 19.3 Å².